The van der Waals surface area contributed by atoms with Gasteiger partial charge in [0.2, 0.25) is 0 Å². The summed E-state index contributed by atoms with van der Waals surface area (Å²) in [6.07, 6.45) is 13.6. The van der Waals surface area contributed by atoms with Crippen molar-refractivity contribution in [2.24, 2.45) is 0 Å². The lowest BCUT2D eigenvalue weighted by atomic mass is 10.1. The molecule has 1 aromatic rings. The van der Waals surface area contributed by atoms with Crippen LogP contribution in [0.1, 0.15) is 6.23 Å². The maximum Gasteiger partial charge on any atom is 0.334 e. The lowest BCUT2D eigenvalue weighted by Gasteiger charge is -2.24. The highest BCUT2D eigenvalue weighted by Crippen LogP contribution is 2.32. The molecule has 26 heavy (non-hydrogen) atoms. The van der Waals surface area contributed by atoms with E-state index in [0.717, 1.165) is 9.13 Å². The maximum absolute atomic E-state index is 12.6. The fourth-order valence-electron chi connectivity index (χ4n) is 2.71. The molecule has 8 heteroatoms. The summed E-state index contributed by atoms with van der Waals surface area (Å²) in [4.78, 5) is 24.5. The second kappa shape index (κ2) is 9.05. The van der Waals surface area contributed by atoms with Gasteiger partial charge in [-0.2, -0.15) is 0 Å². The molecular formula is C18H18N2O6. The normalized spacial score (nSPS) is 24.5. The van der Waals surface area contributed by atoms with Crippen LogP contribution in [0, 0.1) is 37.0 Å². The molecule has 8 nitrogen and oxygen atoms in total. The number of rotatable bonds is 7. The van der Waals surface area contributed by atoms with Crippen molar-refractivity contribution in [3.8, 4) is 37.0 Å². The third kappa shape index (κ3) is 3.88. The summed E-state index contributed by atoms with van der Waals surface area (Å²) >= 11 is 0. The van der Waals surface area contributed by atoms with E-state index in [4.69, 9.17) is 33.5 Å². The number of ether oxygens (including phenoxy) is 3. The number of nitrogens with zero attached hydrogens (tertiary/aromatic N) is 2. The van der Waals surface area contributed by atoms with E-state index < -0.39 is 35.8 Å². The van der Waals surface area contributed by atoms with Crippen LogP contribution >= 0.6 is 0 Å². The molecule has 0 radical (unpaired) electrons. The molecule has 1 aliphatic rings. The Balaban J connectivity index is 2.46. The van der Waals surface area contributed by atoms with E-state index in [9.17, 15) is 14.7 Å². The minimum atomic E-state index is -0.986. The molecule has 0 amide bonds. The third-order valence-corrected chi connectivity index (χ3v) is 3.80. The smallest absolute Gasteiger partial charge is 0.334 e. The molecule has 1 N–H and O–H groups in total. The van der Waals surface area contributed by atoms with Crippen molar-refractivity contribution in [3.63, 3.8) is 0 Å². The van der Waals surface area contributed by atoms with Crippen LogP contribution in [0.4, 0.5) is 0 Å². The molecular weight excluding hydrogens is 340 g/mol. The number of aliphatic hydroxyl groups is 1. The Kier molecular flexibility index (Phi) is 6.80. The third-order valence-electron chi connectivity index (χ3n) is 3.80. The van der Waals surface area contributed by atoms with Crippen LogP contribution in [0.25, 0.3) is 0 Å². The van der Waals surface area contributed by atoms with Crippen molar-refractivity contribution in [1.29, 1.82) is 0 Å². The first kappa shape index (κ1) is 19.5. The van der Waals surface area contributed by atoms with Gasteiger partial charge in [0.05, 0.1) is 13.2 Å². The summed E-state index contributed by atoms with van der Waals surface area (Å²) in [5.41, 5.74) is -1.22. The van der Waals surface area contributed by atoms with E-state index in [-0.39, 0.29) is 26.4 Å². The molecule has 2 heterocycles. The Labute approximate surface area is 150 Å². The molecule has 0 aromatic carbocycles. The van der Waals surface area contributed by atoms with Crippen molar-refractivity contribution in [1.82, 2.24) is 9.13 Å². The Bertz CT molecular complexity index is 866. The van der Waals surface area contributed by atoms with Crippen molar-refractivity contribution in [2.75, 3.05) is 19.8 Å². The number of aliphatic hydroxyl groups excluding tert-OH is 1. The van der Waals surface area contributed by atoms with Gasteiger partial charge in [-0.15, -0.1) is 19.3 Å². The quantitative estimate of drug-likeness (QED) is 0.601. The first-order chi connectivity index (χ1) is 12.6. The molecule has 136 valence electrons. The van der Waals surface area contributed by atoms with Crippen LogP contribution in [0.3, 0.4) is 0 Å². The van der Waals surface area contributed by atoms with E-state index in [1.54, 1.807) is 0 Å². The van der Waals surface area contributed by atoms with Gasteiger partial charge in [0.25, 0.3) is 5.56 Å². The molecule has 1 fully saturated rings. The van der Waals surface area contributed by atoms with Crippen molar-refractivity contribution in [3.05, 3.63) is 33.1 Å². The van der Waals surface area contributed by atoms with Crippen molar-refractivity contribution in [2.45, 2.75) is 31.1 Å². The second-order valence-electron chi connectivity index (χ2n) is 5.34. The topological polar surface area (TPSA) is 91.9 Å². The van der Waals surface area contributed by atoms with Crippen LogP contribution < -0.4 is 11.2 Å². The molecule has 1 saturated heterocycles. The summed E-state index contributed by atoms with van der Waals surface area (Å²) < 4.78 is 18.9. The zero-order chi connectivity index (χ0) is 19.1. The molecule has 0 spiro atoms. The minimum Gasteiger partial charge on any atom is -0.394 e. The van der Waals surface area contributed by atoms with Gasteiger partial charge < -0.3 is 19.3 Å². The Morgan fingerprint density at radius 3 is 2.35 bits per heavy atom. The van der Waals surface area contributed by atoms with Crippen molar-refractivity contribution >= 4 is 0 Å². The molecule has 0 saturated carbocycles. The zero-order valence-electron chi connectivity index (χ0n) is 13.9. The summed E-state index contributed by atoms with van der Waals surface area (Å²) in [6, 6.07) is 1.18. The van der Waals surface area contributed by atoms with E-state index in [0.29, 0.717) is 0 Å². The van der Waals surface area contributed by atoms with Crippen LogP contribution in [0.15, 0.2) is 21.9 Å². The Morgan fingerprint density at radius 1 is 1.12 bits per heavy atom. The van der Waals surface area contributed by atoms with Gasteiger partial charge in [-0.25, -0.2) is 9.36 Å². The number of hydrogen-bond donors (Lipinski definition) is 1. The summed E-state index contributed by atoms with van der Waals surface area (Å²) in [7, 11) is 0. The van der Waals surface area contributed by atoms with Crippen LogP contribution in [-0.4, -0.2) is 52.4 Å². The van der Waals surface area contributed by atoms with Crippen LogP contribution in [-0.2, 0) is 20.8 Å². The fraction of sp³-hybridized carbons (Fsp3) is 0.444. The maximum atomic E-state index is 12.6. The predicted molar refractivity (Wildman–Crippen MR) is 91.9 cm³/mol. The molecule has 2 rings (SSSR count). The molecule has 0 bridgehead atoms. The molecule has 1 aliphatic heterocycles. The average Bonchev–Trinajstić information content (AvgIpc) is 2.99. The standard InChI is InChI=1S/C18H18N2O6/c1-4-8-19-14(22)7-9-20(18(19)23)17-16(25-11-6-3)15(24-10-5-2)13(12-21)26-17/h1-3,7,9,13,15-17,21H,8,10-12H2/t13-,15-,16-,17-/m1/s1. The van der Waals surface area contributed by atoms with Crippen molar-refractivity contribution < 1.29 is 19.3 Å². The molecule has 0 aliphatic carbocycles. The van der Waals surface area contributed by atoms with Gasteiger partial charge in [-0.1, -0.05) is 17.8 Å². The Hall–Kier alpha value is -2.80. The van der Waals surface area contributed by atoms with E-state index in [2.05, 4.69) is 17.8 Å². The van der Waals surface area contributed by atoms with Crippen LogP contribution in [0.2, 0.25) is 0 Å². The highest BCUT2D eigenvalue weighted by Gasteiger charge is 2.47. The fourth-order valence-corrected chi connectivity index (χ4v) is 2.71. The zero-order valence-corrected chi connectivity index (χ0v) is 13.9. The van der Waals surface area contributed by atoms with Gasteiger partial charge >= 0.3 is 5.69 Å². The highest BCUT2D eigenvalue weighted by atomic mass is 16.6. The predicted octanol–water partition coefficient (Wildman–Crippen LogP) is -1.43. The second-order valence-corrected chi connectivity index (χ2v) is 5.34. The van der Waals surface area contributed by atoms with Gasteiger partial charge in [-0.3, -0.25) is 9.36 Å². The molecule has 0 unspecified atom stereocenters. The summed E-state index contributed by atoms with van der Waals surface area (Å²) in [5.74, 6) is 6.90. The molecule has 1 aromatic heterocycles. The van der Waals surface area contributed by atoms with Gasteiger partial charge in [0, 0.05) is 12.3 Å². The first-order valence-corrected chi connectivity index (χ1v) is 7.71. The van der Waals surface area contributed by atoms with Crippen LogP contribution in [0.5, 0.6) is 0 Å². The number of hydrogen-bond acceptors (Lipinski definition) is 6. The highest BCUT2D eigenvalue weighted by molar-refractivity contribution is 4.99. The van der Waals surface area contributed by atoms with E-state index >= 15 is 0 Å². The van der Waals surface area contributed by atoms with E-state index in [1.807, 2.05) is 0 Å². The minimum absolute atomic E-state index is 0.0430. The average molecular weight is 358 g/mol. The summed E-state index contributed by atoms with van der Waals surface area (Å²) in [5, 5.41) is 9.57. The van der Waals surface area contributed by atoms with E-state index in [1.165, 1.54) is 12.3 Å². The molecule has 4 atom stereocenters. The van der Waals surface area contributed by atoms with Gasteiger partial charge in [-0.05, 0) is 0 Å². The van der Waals surface area contributed by atoms with Gasteiger partial charge in [0.15, 0.2) is 6.23 Å². The lowest BCUT2D eigenvalue weighted by Crippen LogP contribution is -2.44. The Morgan fingerprint density at radius 2 is 1.77 bits per heavy atom. The SMILES string of the molecule is C#CCO[C@@H]1[C@H](OCC#C)[C@@H](CO)O[C@H]1n1ccc(=O)n(CC#C)c1=O. The largest absolute Gasteiger partial charge is 0.394 e. The lowest BCUT2D eigenvalue weighted by molar-refractivity contribution is -0.0694. The summed E-state index contributed by atoms with van der Waals surface area (Å²) in [6.45, 7) is -0.696. The first-order valence-electron chi connectivity index (χ1n) is 7.71. The number of terminal acetylenes is 3. The van der Waals surface area contributed by atoms with Gasteiger partial charge in [0.1, 0.15) is 31.5 Å². The number of aromatic nitrogens is 2. The monoisotopic (exact) mass is 358 g/mol.